The zero-order chi connectivity index (χ0) is 39.9. The molecule has 0 heterocycles. The minimum atomic E-state index is -1.10. The van der Waals surface area contributed by atoms with E-state index in [1.807, 2.05) is 13.8 Å². The van der Waals surface area contributed by atoms with Crippen molar-refractivity contribution in [2.45, 2.75) is 189 Å². The summed E-state index contributed by atoms with van der Waals surface area (Å²) in [5.41, 5.74) is 1.55. The summed E-state index contributed by atoms with van der Waals surface area (Å²) in [5.74, 6) is 1.75. The van der Waals surface area contributed by atoms with Crippen molar-refractivity contribution in [2.24, 2.45) is 62.6 Å². The molecule has 0 aliphatic heterocycles. The van der Waals surface area contributed by atoms with Crippen LogP contribution in [0.25, 0.3) is 0 Å². The third-order valence-electron chi connectivity index (χ3n) is 17.3. The number of unbranched alkanes of at least 4 members (excludes halogenated alkanes) is 4. The molecule has 0 aromatic heterocycles. The van der Waals surface area contributed by atoms with Gasteiger partial charge in [-0.3, -0.25) is 14.4 Å². The number of aliphatic carboxylic acids is 1. The Hall–Kier alpha value is -1.93. The molecule has 8 heteroatoms. The molecule has 5 saturated carbocycles. The van der Waals surface area contributed by atoms with E-state index in [1.54, 1.807) is 0 Å². The summed E-state index contributed by atoms with van der Waals surface area (Å²) >= 11 is 0. The molecule has 54 heavy (non-hydrogen) atoms. The molecule has 308 valence electrons. The first-order valence-electron chi connectivity index (χ1n) is 22.1. The lowest BCUT2D eigenvalue weighted by molar-refractivity contribution is -0.246. The van der Waals surface area contributed by atoms with E-state index in [2.05, 4.69) is 58.8 Å². The molecule has 5 aliphatic carbocycles. The topological polar surface area (TPSA) is 136 Å². The molecule has 5 rings (SSSR count). The van der Waals surface area contributed by atoms with Crippen LogP contribution in [0.2, 0.25) is 0 Å². The first-order chi connectivity index (χ1) is 25.2. The third-order valence-corrected chi connectivity index (χ3v) is 17.3. The van der Waals surface area contributed by atoms with E-state index in [0.29, 0.717) is 49.0 Å². The van der Waals surface area contributed by atoms with Crippen LogP contribution in [0.1, 0.15) is 171 Å². The van der Waals surface area contributed by atoms with Crippen molar-refractivity contribution in [3.63, 3.8) is 0 Å². The fraction of sp³-hybridized carbons (Fsp3) is 0.891. The second-order valence-electron chi connectivity index (χ2n) is 21.0. The molecule has 0 bridgehead atoms. The summed E-state index contributed by atoms with van der Waals surface area (Å²) in [7, 11) is 0. The van der Waals surface area contributed by atoms with E-state index in [9.17, 15) is 24.6 Å². The highest BCUT2D eigenvalue weighted by Crippen LogP contribution is 2.77. The number of fused-ring (bicyclic) bond motifs is 7. The molecule has 8 nitrogen and oxygen atoms in total. The largest absolute Gasteiger partial charge is 0.481 e. The van der Waals surface area contributed by atoms with Gasteiger partial charge < -0.3 is 26.0 Å². The van der Waals surface area contributed by atoms with Crippen LogP contribution in [-0.2, 0) is 14.4 Å². The average Bonchev–Trinajstić information content (AvgIpc) is 3.49. The van der Waals surface area contributed by atoms with E-state index in [1.165, 1.54) is 31.3 Å². The van der Waals surface area contributed by atoms with Gasteiger partial charge in [-0.1, -0.05) is 79.9 Å². The van der Waals surface area contributed by atoms with E-state index >= 15 is 0 Å². The number of aliphatic hydroxyl groups excluding tert-OH is 2. The van der Waals surface area contributed by atoms with Crippen molar-refractivity contribution in [1.29, 1.82) is 0 Å². The van der Waals surface area contributed by atoms with Crippen LogP contribution in [0.15, 0.2) is 12.2 Å². The molecule has 2 amide bonds. The van der Waals surface area contributed by atoms with Gasteiger partial charge in [-0.05, 0) is 148 Å². The van der Waals surface area contributed by atoms with Gasteiger partial charge in [0, 0.05) is 13.0 Å². The van der Waals surface area contributed by atoms with Gasteiger partial charge in [0.05, 0.1) is 30.1 Å². The summed E-state index contributed by atoms with van der Waals surface area (Å²) in [6.07, 6.45) is 14.8. The van der Waals surface area contributed by atoms with Crippen LogP contribution in [0.4, 0.5) is 0 Å². The predicted octanol–water partition coefficient (Wildman–Crippen LogP) is 8.83. The standard InChI is InChI=1S/C46H78N2O6/c1-29(2)27-33(34(49)28-39(52)53)48-38(51)15-13-11-10-12-14-26-47-41(54)46-23-18-31(30(3)4)40(46)32-16-17-36-43(7)21-20-37(50)42(5,6)35(43)19-22-45(36,9)44(32,8)24-25-46/h29,31-37,40,49-50H,3,10-28H2,1-2,4-9H3,(H,47,54)(H,48,51)(H,52,53)/t31-,32+,33-,34-,35-,36+,37-,40+,43-,44+,45+,46-/m0/s1. The zero-order valence-electron chi connectivity index (χ0n) is 35.4. The van der Waals surface area contributed by atoms with Gasteiger partial charge in [0.1, 0.15) is 0 Å². The van der Waals surface area contributed by atoms with Crippen molar-refractivity contribution in [3.05, 3.63) is 12.2 Å². The van der Waals surface area contributed by atoms with E-state index in [4.69, 9.17) is 5.11 Å². The van der Waals surface area contributed by atoms with E-state index in [0.717, 1.165) is 70.6 Å². The van der Waals surface area contributed by atoms with Gasteiger partial charge >= 0.3 is 5.97 Å². The molecule has 0 radical (unpaired) electrons. The number of carboxylic acid groups (broad SMARTS) is 1. The number of amides is 2. The van der Waals surface area contributed by atoms with Crippen LogP contribution in [0, 0.1) is 62.6 Å². The van der Waals surface area contributed by atoms with Crippen LogP contribution in [0.3, 0.4) is 0 Å². The van der Waals surface area contributed by atoms with Gasteiger partial charge in [-0.25, -0.2) is 0 Å². The maximum absolute atomic E-state index is 14.5. The summed E-state index contributed by atoms with van der Waals surface area (Å²) in [6, 6.07) is -0.554. The Kier molecular flexibility index (Phi) is 13.2. The van der Waals surface area contributed by atoms with Crippen LogP contribution in [-0.4, -0.2) is 57.9 Å². The van der Waals surface area contributed by atoms with Crippen molar-refractivity contribution in [2.75, 3.05) is 6.54 Å². The van der Waals surface area contributed by atoms with Crippen LogP contribution < -0.4 is 10.6 Å². The second kappa shape index (κ2) is 16.5. The normalized spacial score (nSPS) is 39.3. The number of carboxylic acids is 1. The van der Waals surface area contributed by atoms with Gasteiger partial charge in [-0.15, -0.1) is 0 Å². The number of carbonyl (C=O) groups excluding carboxylic acids is 2. The summed E-state index contributed by atoms with van der Waals surface area (Å²) in [6.45, 7) is 23.9. The number of allylic oxidation sites excluding steroid dienone is 1. The molecule has 0 unspecified atom stereocenters. The highest BCUT2D eigenvalue weighted by atomic mass is 16.4. The number of rotatable bonds is 16. The maximum atomic E-state index is 14.5. The number of nitrogens with one attached hydrogen (secondary N) is 2. The molecule has 0 saturated heterocycles. The molecule has 12 atom stereocenters. The van der Waals surface area contributed by atoms with Crippen LogP contribution >= 0.6 is 0 Å². The highest BCUT2D eigenvalue weighted by Gasteiger charge is 2.71. The lowest BCUT2D eigenvalue weighted by atomic mass is 9.32. The summed E-state index contributed by atoms with van der Waals surface area (Å²) in [5, 5.41) is 36.8. The van der Waals surface area contributed by atoms with Crippen molar-refractivity contribution < 1.29 is 29.7 Å². The van der Waals surface area contributed by atoms with Crippen molar-refractivity contribution in [3.8, 4) is 0 Å². The minimum Gasteiger partial charge on any atom is -0.481 e. The quantitative estimate of drug-likeness (QED) is 0.0790. The Bertz CT molecular complexity index is 1380. The Morgan fingerprint density at radius 1 is 0.815 bits per heavy atom. The number of aliphatic hydroxyl groups is 2. The number of carbonyl (C=O) groups is 3. The molecule has 5 fully saturated rings. The molecular weight excluding hydrogens is 677 g/mol. The number of hydrogen-bond donors (Lipinski definition) is 5. The van der Waals surface area contributed by atoms with E-state index in [-0.39, 0.29) is 57.3 Å². The maximum Gasteiger partial charge on any atom is 0.306 e. The SMILES string of the molecule is C=C(C)[C@@H]1CC[C@]2(C(=O)NCCCCCCCC(=O)N[C@@H](CC(C)C)[C@@H](O)CC(=O)O)CC[C@]3(C)[C@H](CC[C@@H]4[C@@]5(C)CC[C@H](O)C(C)(C)[C@@H]5CC[C@]43C)[C@@H]12. The molecule has 5 N–H and O–H groups in total. The lowest BCUT2D eigenvalue weighted by Gasteiger charge is -2.72. The van der Waals surface area contributed by atoms with Gasteiger partial charge in [0.15, 0.2) is 0 Å². The Morgan fingerprint density at radius 3 is 2.17 bits per heavy atom. The smallest absolute Gasteiger partial charge is 0.306 e. The molecule has 0 aromatic rings. The highest BCUT2D eigenvalue weighted by molar-refractivity contribution is 5.84. The van der Waals surface area contributed by atoms with Crippen molar-refractivity contribution in [1.82, 2.24) is 10.6 Å². The predicted molar refractivity (Wildman–Crippen MR) is 215 cm³/mol. The van der Waals surface area contributed by atoms with Gasteiger partial charge in [0.2, 0.25) is 11.8 Å². The zero-order valence-corrected chi connectivity index (χ0v) is 35.4. The second-order valence-corrected chi connectivity index (χ2v) is 21.0. The summed E-state index contributed by atoms with van der Waals surface area (Å²) < 4.78 is 0. The average molecular weight is 755 g/mol. The molecule has 0 spiro atoms. The monoisotopic (exact) mass is 755 g/mol. The molecular formula is C46H78N2O6. The van der Waals surface area contributed by atoms with Gasteiger partial charge in [-0.2, -0.15) is 0 Å². The number of hydrogen-bond acceptors (Lipinski definition) is 5. The molecule has 0 aromatic carbocycles. The first-order valence-corrected chi connectivity index (χ1v) is 22.1. The Balaban J connectivity index is 1.15. The van der Waals surface area contributed by atoms with E-state index < -0.39 is 18.1 Å². The Morgan fingerprint density at radius 2 is 1.50 bits per heavy atom. The third kappa shape index (κ3) is 7.83. The van der Waals surface area contributed by atoms with Gasteiger partial charge in [0.25, 0.3) is 0 Å². The fourth-order valence-corrected chi connectivity index (χ4v) is 14.3. The Labute approximate surface area is 327 Å². The minimum absolute atomic E-state index is 0.0488. The molecule has 5 aliphatic rings. The van der Waals surface area contributed by atoms with Crippen molar-refractivity contribution >= 4 is 17.8 Å². The fourth-order valence-electron chi connectivity index (χ4n) is 14.3. The lowest BCUT2D eigenvalue weighted by Crippen LogP contribution is -2.67. The summed E-state index contributed by atoms with van der Waals surface area (Å²) in [4.78, 5) is 38.2. The first kappa shape index (κ1) is 43.2. The van der Waals surface area contributed by atoms with Crippen LogP contribution in [0.5, 0.6) is 0 Å².